The molecule has 7 nitrogen and oxygen atoms in total. The Balaban J connectivity index is 1.38. The van der Waals surface area contributed by atoms with Crippen molar-refractivity contribution < 1.29 is 23.9 Å². The van der Waals surface area contributed by atoms with Gasteiger partial charge in [-0.1, -0.05) is 78.0 Å². The molecule has 194 valence electrons. The van der Waals surface area contributed by atoms with Crippen molar-refractivity contribution in [3.05, 3.63) is 126 Å². The second-order valence-corrected chi connectivity index (χ2v) is 8.57. The standard InChI is InChI=1S/C32H26N2O5/c1-2-37-29-21-23(20-27-31(33-39-32(27)36)24-12-6-3-7-13-24)18-19-28(29)38-22-30(35)34(25-14-8-4-9-15-25)26-16-10-5-11-17-26/h3-21H,2,22H2,1H3/b27-20+. The zero-order valence-electron chi connectivity index (χ0n) is 21.3. The Labute approximate surface area is 226 Å². The van der Waals surface area contributed by atoms with Crippen molar-refractivity contribution in [3.8, 4) is 11.5 Å². The summed E-state index contributed by atoms with van der Waals surface area (Å²) in [5.74, 6) is 0.104. The highest BCUT2D eigenvalue weighted by molar-refractivity contribution is 6.31. The van der Waals surface area contributed by atoms with Gasteiger partial charge >= 0.3 is 5.97 Å². The van der Waals surface area contributed by atoms with E-state index in [-0.39, 0.29) is 12.5 Å². The van der Waals surface area contributed by atoms with E-state index in [2.05, 4.69) is 5.16 Å². The minimum Gasteiger partial charge on any atom is -0.490 e. The van der Waals surface area contributed by atoms with Gasteiger partial charge in [0.2, 0.25) is 0 Å². The first-order chi connectivity index (χ1) is 19.1. The minimum atomic E-state index is -0.528. The molecular weight excluding hydrogens is 492 g/mol. The average molecular weight is 519 g/mol. The van der Waals surface area contributed by atoms with Crippen molar-refractivity contribution in [2.24, 2.45) is 5.16 Å². The zero-order chi connectivity index (χ0) is 27.0. The smallest absolute Gasteiger partial charge is 0.368 e. The molecule has 4 aromatic rings. The summed E-state index contributed by atoms with van der Waals surface area (Å²) in [6.45, 7) is 2.05. The van der Waals surface area contributed by atoms with Crippen molar-refractivity contribution >= 4 is 35.0 Å². The molecule has 1 aliphatic heterocycles. The molecule has 0 unspecified atom stereocenters. The number of rotatable bonds is 9. The van der Waals surface area contributed by atoms with Gasteiger partial charge in [0.25, 0.3) is 5.91 Å². The van der Waals surface area contributed by atoms with Crippen LogP contribution in [0.4, 0.5) is 11.4 Å². The summed E-state index contributed by atoms with van der Waals surface area (Å²) in [5.41, 5.74) is 3.76. The Hall–Kier alpha value is -5.17. The molecule has 0 radical (unpaired) electrons. The lowest BCUT2D eigenvalue weighted by atomic mass is 10.0. The van der Waals surface area contributed by atoms with Gasteiger partial charge in [-0.25, -0.2) is 4.79 Å². The Morgan fingerprint density at radius 3 is 2.05 bits per heavy atom. The third-order valence-corrected chi connectivity index (χ3v) is 5.95. The fraction of sp³-hybridized carbons (Fsp3) is 0.0938. The highest BCUT2D eigenvalue weighted by Gasteiger charge is 2.27. The van der Waals surface area contributed by atoms with Crippen LogP contribution in [0.3, 0.4) is 0 Å². The third-order valence-electron chi connectivity index (χ3n) is 5.95. The molecule has 0 aliphatic carbocycles. The number of nitrogens with zero attached hydrogens (tertiary/aromatic N) is 2. The SMILES string of the molecule is CCOc1cc(/C=C2/C(=O)ON=C2c2ccccc2)ccc1OCC(=O)N(c1ccccc1)c1ccccc1. The first kappa shape index (κ1) is 25.5. The molecular formula is C32H26N2O5. The quantitative estimate of drug-likeness (QED) is 0.196. The molecule has 0 saturated carbocycles. The molecule has 0 N–H and O–H groups in total. The van der Waals surface area contributed by atoms with Crippen molar-refractivity contribution in [3.63, 3.8) is 0 Å². The van der Waals surface area contributed by atoms with Gasteiger partial charge < -0.3 is 14.3 Å². The van der Waals surface area contributed by atoms with E-state index in [4.69, 9.17) is 14.3 Å². The number of anilines is 2. The van der Waals surface area contributed by atoms with Crippen molar-refractivity contribution in [1.82, 2.24) is 0 Å². The number of hydrogen-bond acceptors (Lipinski definition) is 6. The number of benzene rings is 4. The number of para-hydroxylation sites is 2. The van der Waals surface area contributed by atoms with E-state index < -0.39 is 5.97 Å². The zero-order valence-corrected chi connectivity index (χ0v) is 21.3. The van der Waals surface area contributed by atoms with E-state index in [1.165, 1.54) is 0 Å². The lowest BCUT2D eigenvalue weighted by Gasteiger charge is -2.23. The van der Waals surface area contributed by atoms with Crippen LogP contribution >= 0.6 is 0 Å². The Morgan fingerprint density at radius 1 is 0.821 bits per heavy atom. The fourth-order valence-corrected chi connectivity index (χ4v) is 4.18. The average Bonchev–Trinajstić information content (AvgIpc) is 3.34. The summed E-state index contributed by atoms with van der Waals surface area (Å²) in [5, 5.41) is 3.96. The van der Waals surface area contributed by atoms with Crippen molar-refractivity contribution in [2.75, 3.05) is 18.1 Å². The molecule has 39 heavy (non-hydrogen) atoms. The lowest BCUT2D eigenvalue weighted by Crippen LogP contribution is -2.31. The predicted molar refractivity (Wildman–Crippen MR) is 150 cm³/mol. The van der Waals surface area contributed by atoms with E-state index in [0.717, 1.165) is 16.9 Å². The van der Waals surface area contributed by atoms with Crippen LogP contribution in [0.25, 0.3) is 6.08 Å². The van der Waals surface area contributed by atoms with Crippen LogP contribution in [-0.2, 0) is 14.4 Å². The summed E-state index contributed by atoms with van der Waals surface area (Å²) in [7, 11) is 0. The van der Waals surface area contributed by atoms with Crippen LogP contribution < -0.4 is 14.4 Å². The Kier molecular flexibility index (Phi) is 7.79. The topological polar surface area (TPSA) is 77.4 Å². The van der Waals surface area contributed by atoms with E-state index in [1.807, 2.05) is 97.9 Å². The molecule has 0 fully saturated rings. The maximum atomic E-state index is 13.4. The van der Waals surface area contributed by atoms with E-state index in [0.29, 0.717) is 35.0 Å². The van der Waals surface area contributed by atoms with Gasteiger partial charge in [0, 0.05) is 16.9 Å². The van der Waals surface area contributed by atoms with Crippen LogP contribution in [0, 0.1) is 0 Å². The molecule has 1 amide bonds. The predicted octanol–water partition coefficient (Wildman–Crippen LogP) is 6.17. The Morgan fingerprint density at radius 2 is 1.44 bits per heavy atom. The fourth-order valence-electron chi connectivity index (χ4n) is 4.18. The first-order valence-corrected chi connectivity index (χ1v) is 12.5. The summed E-state index contributed by atoms with van der Waals surface area (Å²) < 4.78 is 11.8. The molecule has 1 heterocycles. The second-order valence-electron chi connectivity index (χ2n) is 8.57. The van der Waals surface area contributed by atoms with Gasteiger partial charge in [0.05, 0.1) is 12.2 Å². The molecule has 1 aliphatic rings. The van der Waals surface area contributed by atoms with Crippen LogP contribution in [-0.4, -0.2) is 30.8 Å². The van der Waals surface area contributed by atoms with Gasteiger partial charge in [-0.2, -0.15) is 0 Å². The van der Waals surface area contributed by atoms with E-state index >= 15 is 0 Å². The highest BCUT2D eigenvalue weighted by atomic mass is 16.7. The number of carbonyl (C=O) groups is 2. The van der Waals surface area contributed by atoms with Gasteiger partial charge in [0.1, 0.15) is 5.71 Å². The van der Waals surface area contributed by atoms with Gasteiger partial charge in [-0.3, -0.25) is 9.69 Å². The molecule has 0 spiro atoms. The molecule has 0 bridgehead atoms. The van der Waals surface area contributed by atoms with E-state index in [9.17, 15) is 9.59 Å². The van der Waals surface area contributed by atoms with Gasteiger partial charge in [0.15, 0.2) is 18.1 Å². The molecule has 7 heteroatoms. The van der Waals surface area contributed by atoms with Crippen LogP contribution in [0.2, 0.25) is 0 Å². The molecule has 4 aromatic carbocycles. The highest BCUT2D eigenvalue weighted by Crippen LogP contribution is 2.31. The number of ether oxygens (including phenoxy) is 2. The largest absolute Gasteiger partial charge is 0.490 e. The third kappa shape index (κ3) is 5.88. The maximum absolute atomic E-state index is 13.4. The van der Waals surface area contributed by atoms with Crippen LogP contribution in [0.15, 0.2) is 120 Å². The minimum absolute atomic E-state index is 0.207. The number of oxime groups is 1. The molecule has 5 rings (SSSR count). The number of amides is 1. The monoisotopic (exact) mass is 518 g/mol. The van der Waals surface area contributed by atoms with Crippen LogP contribution in [0.5, 0.6) is 11.5 Å². The van der Waals surface area contributed by atoms with Gasteiger partial charge in [-0.15, -0.1) is 0 Å². The number of hydrogen-bond donors (Lipinski definition) is 0. The maximum Gasteiger partial charge on any atom is 0.368 e. The van der Waals surface area contributed by atoms with Crippen molar-refractivity contribution in [2.45, 2.75) is 6.92 Å². The summed E-state index contributed by atoms with van der Waals surface area (Å²) >= 11 is 0. The van der Waals surface area contributed by atoms with Crippen LogP contribution in [0.1, 0.15) is 18.1 Å². The molecule has 0 aromatic heterocycles. The van der Waals surface area contributed by atoms with Gasteiger partial charge in [-0.05, 0) is 55.0 Å². The molecule has 0 atom stereocenters. The number of carbonyl (C=O) groups excluding carboxylic acids is 2. The molecule has 0 saturated heterocycles. The summed E-state index contributed by atoms with van der Waals surface area (Å²) in [6.07, 6.45) is 1.70. The Bertz CT molecular complexity index is 1480. The summed E-state index contributed by atoms with van der Waals surface area (Å²) in [4.78, 5) is 32.4. The summed E-state index contributed by atoms with van der Waals surface area (Å²) in [6, 6.07) is 33.5. The lowest BCUT2D eigenvalue weighted by molar-refractivity contribution is -0.136. The second kappa shape index (κ2) is 11.9. The van der Waals surface area contributed by atoms with E-state index in [1.54, 1.807) is 29.2 Å². The normalized spacial score (nSPS) is 13.5. The first-order valence-electron chi connectivity index (χ1n) is 12.5. The van der Waals surface area contributed by atoms with Crippen molar-refractivity contribution in [1.29, 1.82) is 0 Å².